The fourth-order valence-electron chi connectivity index (χ4n) is 2.84. The summed E-state index contributed by atoms with van der Waals surface area (Å²) in [6.07, 6.45) is 3.73. The number of carbonyl (C=O) groups is 1. The number of pyridine rings is 2. The smallest absolute Gasteiger partial charge is 0.249 e. The second-order valence-corrected chi connectivity index (χ2v) is 5.78. The summed E-state index contributed by atoms with van der Waals surface area (Å²) in [5.74, 6) is 0.666. The lowest BCUT2D eigenvalue weighted by Crippen LogP contribution is -2.04. The third kappa shape index (κ3) is 3.66. The Balaban J connectivity index is 0.000000146. The minimum atomic E-state index is -0.166. The van der Waals surface area contributed by atoms with Gasteiger partial charge in [-0.2, -0.15) is 0 Å². The van der Waals surface area contributed by atoms with Crippen LogP contribution in [0.4, 0.5) is 5.82 Å². The van der Waals surface area contributed by atoms with E-state index in [4.69, 9.17) is 5.73 Å². The van der Waals surface area contributed by atoms with E-state index in [9.17, 15) is 9.59 Å². The zero-order chi connectivity index (χ0) is 17.8. The highest BCUT2D eigenvalue weighted by molar-refractivity contribution is 6.11. The van der Waals surface area contributed by atoms with Crippen LogP contribution in [0.3, 0.4) is 0 Å². The van der Waals surface area contributed by atoms with E-state index < -0.39 is 0 Å². The molecule has 126 valence electrons. The van der Waals surface area contributed by atoms with Gasteiger partial charge < -0.3 is 10.7 Å². The number of nitrogens with zero attached hydrogens (tertiary/aromatic N) is 1. The van der Waals surface area contributed by atoms with Crippen LogP contribution in [0.15, 0.2) is 59.4 Å². The molecular weight excluding hydrogens is 314 g/mol. The SMILES string of the molecule is CC/C=C1/CC(=O)c2ccccc21.Nc1ccc2ccc(=O)[nH]c2n1. The summed E-state index contributed by atoms with van der Waals surface area (Å²) in [5, 5.41) is 0.879. The van der Waals surface area contributed by atoms with Gasteiger partial charge in [0, 0.05) is 23.4 Å². The van der Waals surface area contributed by atoms with E-state index in [1.165, 1.54) is 11.6 Å². The van der Waals surface area contributed by atoms with Crippen LogP contribution in [0.2, 0.25) is 0 Å². The van der Waals surface area contributed by atoms with Gasteiger partial charge in [0.25, 0.3) is 0 Å². The molecule has 2 heterocycles. The number of ketones is 1. The van der Waals surface area contributed by atoms with Crippen molar-refractivity contribution in [2.45, 2.75) is 19.8 Å². The molecule has 0 fully saturated rings. The first-order chi connectivity index (χ1) is 12.1. The minimum Gasteiger partial charge on any atom is -0.384 e. The Hall–Kier alpha value is -3.21. The number of allylic oxidation sites excluding steroid dienone is 2. The van der Waals surface area contributed by atoms with Gasteiger partial charge in [-0.05, 0) is 35.8 Å². The molecule has 1 aliphatic rings. The van der Waals surface area contributed by atoms with Crippen LogP contribution in [0.5, 0.6) is 0 Å². The van der Waals surface area contributed by atoms with Gasteiger partial charge in [0.15, 0.2) is 5.78 Å². The first-order valence-electron chi connectivity index (χ1n) is 8.15. The predicted octanol–water partition coefficient (Wildman–Crippen LogP) is 3.57. The van der Waals surface area contributed by atoms with Crippen molar-refractivity contribution in [2.24, 2.45) is 0 Å². The number of H-pyrrole nitrogens is 1. The van der Waals surface area contributed by atoms with Gasteiger partial charge in [-0.1, -0.05) is 37.3 Å². The Labute approximate surface area is 145 Å². The monoisotopic (exact) mass is 333 g/mol. The van der Waals surface area contributed by atoms with Crippen molar-refractivity contribution in [2.75, 3.05) is 5.73 Å². The number of anilines is 1. The van der Waals surface area contributed by atoms with Crippen LogP contribution in [-0.2, 0) is 0 Å². The number of fused-ring (bicyclic) bond motifs is 2. The summed E-state index contributed by atoms with van der Waals surface area (Å²) >= 11 is 0. The Kier molecular flexibility index (Phi) is 4.75. The molecule has 1 aromatic carbocycles. The average molecular weight is 333 g/mol. The molecule has 3 N–H and O–H groups in total. The van der Waals surface area contributed by atoms with Crippen molar-refractivity contribution in [3.05, 3.63) is 76.1 Å². The molecule has 0 spiro atoms. The number of Topliss-reactive ketones (excluding diaryl/α,β-unsaturated/α-hetero) is 1. The number of nitrogens with one attached hydrogen (secondary N) is 1. The van der Waals surface area contributed by atoms with Gasteiger partial charge in [0.05, 0.1) is 0 Å². The first kappa shape index (κ1) is 16.6. The van der Waals surface area contributed by atoms with Crippen LogP contribution < -0.4 is 11.3 Å². The molecule has 2 aromatic heterocycles. The van der Waals surface area contributed by atoms with Gasteiger partial charge in [-0.25, -0.2) is 4.98 Å². The van der Waals surface area contributed by atoms with E-state index in [1.807, 2.05) is 30.3 Å². The van der Waals surface area contributed by atoms with Gasteiger partial charge in [0.2, 0.25) is 5.56 Å². The minimum absolute atomic E-state index is 0.166. The van der Waals surface area contributed by atoms with Crippen molar-refractivity contribution in [3.8, 4) is 0 Å². The first-order valence-corrected chi connectivity index (χ1v) is 8.15. The summed E-state index contributed by atoms with van der Waals surface area (Å²) in [4.78, 5) is 28.9. The standard InChI is InChI=1S/C12H12O.C8H7N3O/c1-2-5-9-8-12(13)11-7-4-3-6-10(9)11;9-6-3-1-5-2-4-7(12)11-8(5)10-6/h3-7H,2,8H2,1H3;1-4H,(H3,9,10,11,12)/b9-5-;. The molecule has 5 heteroatoms. The zero-order valence-corrected chi connectivity index (χ0v) is 14.0. The molecule has 0 unspecified atom stereocenters. The van der Waals surface area contributed by atoms with Crippen LogP contribution >= 0.6 is 0 Å². The normalized spacial score (nSPS) is 14.3. The summed E-state index contributed by atoms with van der Waals surface area (Å²) in [7, 11) is 0. The zero-order valence-electron chi connectivity index (χ0n) is 14.0. The van der Waals surface area contributed by atoms with E-state index in [-0.39, 0.29) is 11.3 Å². The fourth-order valence-corrected chi connectivity index (χ4v) is 2.84. The van der Waals surface area contributed by atoms with E-state index in [0.717, 1.165) is 22.9 Å². The molecule has 0 bridgehead atoms. The van der Waals surface area contributed by atoms with Crippen molar-refractivity contribution in [3.63, 3.8) is 0 Å². The van der Waals surface area contributed by atoms with Crippen LogP contribution in [0, 0.1) is 0 Å². The number of hydrogen-bond acceptors (Lipinski definition) is 4. The average Bonchev–Trinajstić information content (AvgIpc) is 2.92. The lowest BCUT2D eigenvalue weighted by atomic mass is 10.1. The number of benzene rings is 1. The summed E-state index contributed by atoms with van der Waals surface area (Å²) < 4.78 is 0. The quantitative estimate of drug-likeness (QED) is 0.712. The molecule has 0 saturated carbocycles. The lowest BCUT2D eigenvalue weighted by Gasteiger charge is -1.97. The number of aromatic amines is 1. The second kappa shape index (κ2) is 7.13. The molecule has 25 heavy (non-hydrogen) atoms. The fraction of sp³-hybridized carbons (Fsp3) is 0.150. The summed E-state index contributed by atoms with van der Waals surface area (Å²) in [6, 6.07) is 14.5. The number of rotatable bonds is 1. The molecule has 0 aliphatic heterocycles. The maximum absolute atomic E-state index is 11.5. The molecule has 0 saturated heterocycles. The summed E-state index contributed by atoms with van der Waals surface area (Å²) in [6.45, 7) is 2.10. The van der Waals surface area contributed by atoms with E-state index in [1.54, 1.807) is 12.1 Å². The topological polar surface area (TPSA) is 88.8 Å². The molecule has 3 aromatic rings. The number of hydrogen-bond donors (Lipinski definition) is 2. The maximum Gasteiger partial charge on any atom is 0.249 e. The molecule has 0 amide bonds. The van der Waals surface area contributed by atoms with Crippen molar-refractivity contribution >= 4 is 28.2 Å². The van der Waals surface area contributed by atoms with E-state index in [2.05, 4.69) is 23.0 Å². The van der Waals surface area contributed by atoms with Crippen LogP contribution in [0.1, 0.15) is 35.7 Å². The highest BCUT2D eigenvalue weighted by Crippen LogP contribution is 2.31. The Bertz CT molecular complexity index is 1020. The van der Waals surface area contributed by atoms with Gasteiger partial charge in [-0.3, -0.25) is 9.59 Å². The van der Waals surface area contributed by atoms with Crippen LogP contribution in [-0.4, -0.2) is 15.8 Å². The molecule has 0 atom stereocenters. The Morgan fingerprint density at radius 3 is 2.56 bits per heavy atom. The van der Waals surface area contributed by atoms with Gasteiger partial charge in [-0.15, -0.1) is 0 Å². The van der Waals surface area contributed by atoms with Crippen LogP contribution in [0.25, 0.3) is 16.6 Å². The molecule has 4 rings (SSSR count). The Morgan fingerprint density at radius 1 is 1.08 bits per heavy atom. The van der Waals surface area contributed by atoms with Crippen molar-refractivity contribution in [1.82, 2.24) is 9.97 Å². The number of nitrogens with two attached hydrogens (primary N) is 1. The second-order valence-electron chi connectivity index (χ2n) is 5.78. The highest BCUT2D eigenvalue weighted by Gasteiger charge is 2.22. The summed E-state index contributed by atoms with van der Waals surface area (Å²) in [5.41, 5.74) is 9.03. The third-order valence-electron chi connectivity index (χ3n) is 3.98. The van der Waals surface area contributed by atoms with E-state index >= 15 is 0 Å². The number of carbonyl (C=O) groups excluding carboxylic acids is 1. The molecular formula is C20H19N3O2. The van der Waals surface area contributed by atoms with E-state index in [0.29, 0.717) is 17.9 Å². The van der Waals surface area contributed by atoms with Gasteiger partial charge in [0.1, 0.15) is 11.5 Å². The highest BCUT2D eigenvalue weighted by atomic mass is 16.1. The lowest BCUT2D eigenvalue weighted by molar-refractivity contribution is 0.100. The largest absolute Gasteiger partial charge is 0.384 e. The third-order valence-corrected chi connectivity index (χ3v) is 3.98. The maximum atomic E-state index is 11.5. The Morgan fingerprint density at radius 2 is 1.80 bits per heavy atom. The van der Waals surface area contributed by atoms with Crippen molar-refractivity contribution in [1.29, 1.82) is 0 Å². The van der Waals surface area contributed by atoms with Gasteiger partial charge >= 0.3 is 0 Å². The number of aromatic nitrogens is 2. The number of nitrogen functional groups attached to an aromatic ring is 1. The predicted molar refractivity (Wildman–Crippen MR) is 100 cm³/mol. The molecule has 1 aliphatic carbocycles. The molecule has 5 nitrogen and oxygen atoms in total. The van der Waals surface area contributed by atoms with Crippen molar-refractivity contribution < 1.29 is 4.79 Å². The molecule has 0 radical (unpaired) electrons.